The molecule has 0 aliphatic rings. The number of sulfonamides is 1. The van der Waals surface area contributed by atoms with E-state index in [4.69, 9.17) is 11.6 Å². The van der Waals surface area contributed by atoms with Crippen molar-refractivity contribution in [3.05, 3.63) is 94.3 Å². The van der Waals surface area contributed by atoms with Crippen LogP contribution in [0.2, 0.25) is 5.02 Å². The third kappa shape index (κ3) is 7.40. The summed E-state index contributed by atoms with van der Waals surface area (Å²) in [6.07, 6.45) is 1.01. The maximum Gasteiger partial charge on any atom is 0.264 e. The van der Waals surface area contributed by atoms with Crippen LogP contribution in [0, 0.1) is 19.7 Å². The minimum absolute atomic E-state index is 0.00981. The summed E-state index contributed by atoms with van der Waals surface area (Å²) in [5, 5.41) is 3.18. The van der Waals surface area contributed by atoms with Gasteiger partial charge in [0.05, 0.1) is 10.6 Å². The van der Waals surface area contributed by atoms with Crippen molar-refractivity contribution in [1.29, 1.82) is 0 Å². The zero-order valence-electron chi connectivity index (χ0n) is 23.2. The lowest BCUT2D eigenvalue weighted by Crippen LogP contribution is -2.52. The molecule has 1 N–H and O–H groups in total. The van der Waals surface area contributed by atoms with Gasteiger partial charge in [0.25, 0.3) is 10.0 Å². The first-order valence-electron chi connectivity index (χ1n) is 13.2. The Balaban J connectivity index is 2.09. The van der Waals surface area contributed by atoms with E-state index in [1.54, 1.807) is 44.2 Å². The maximum atomic E-state index is 14.0. The van der Waals surface area contributed by atoms with Crippen molar-refractivity contribution in [2.75, 3.05) is 17.4 Å². The summed E-state index contributed by atoms with van der Waals surface area (Å²) in [5.74, 6) is -1.36. The van der Waals surface area contributed by atoms with Gasteiger partial charge in [-0.25, -0.2) is 12.8 Å². The summed E-state index contributed by atoms with van der Waals surface area (Å²) in [6.45, 7) is 7.08. The molecule has 7 nitrogen and oxygen atoms in total. The fourth-order valence-electron chi connectivity index (χ4n) is 4.29. The Morgan fingerprint density at radius 2 is 1.62 bits per heavy atom. The highest BCUT2D eigenvalue weighted by Crippen LogP contribution is 2.31. The van der Waals surface area contributed by atoms with Crippen LogP contribution in [0.3, 0.4) is 0 Å². The van der Waals surface area contributed by atoms with E-state index >= 15 is 0 Å². The van der Waals surface area contributed by atoms with Crippen LogP contribution < -0.4 is 9.62 Å². The van der Waals surface area contributed by atoms with Gasteiger partial charge in [-0.1, -0.05) is 61.3 Å². The number of carbonyl (C=O) groups is 2. The average molecular weight is 588 g/mol. The van der Waals surface area contributed by atoms with Crippen LogP contribution in [0.25, 0.3) is 0 Å². The van der Waals surface area contributed by atoms with Gasteiger partial charge in [0.2, 0.25) is 11.8 Å². The van der Waals surface area contributed by atoms with Crippen molar-refractivity contribution >= 4 is 39.1 Å². The first-order chi connectivity index (χ1) is 19.0. The molecule has 1 unspecified atom stereocenters. The lowest BCUT2D eigenvalue weighted by Gasteiger charge is -2.33. The summed E-state index contributed by atoms with van der Waals surface area (Å²) < 4.78 is 42.6. The lowest BCUT2D eigenvalue weighted by molar-refractivity contribution is -0.140. The molecule has 3 aromatic carbocycles. The van der Waals surface area contributed by atoms with Crippen molar-refractivity contribution < 1.29 is 22.4 Å². The SMILES string of the molecule is CCCNC(=O)C(CC)N(Cc1ccc(F)cc1)C(=O)CN(c1cccc(Cl)c1C)S(=O)(=O)c1ccc(C)cc1. The Bertz CT molecular complexity index is 1430. The number of anilines is 1. The van der Waals surface area contributed by atoms with Gasteiger partial charge >= 0.3 is 0 Å². The number of halogens is 2. The van der Waals surface area contributed by atoms with E-state index in [9.17, 15) is 22.4 Å². The molecule has 2 amide bonds. The van der Waals surface area contributed by atoms with Crippen molar-refractivity contribution in [3.63, 3.8) is 0 Å². The number of carbonyl (C=O) groups excluding carboxylic acids is 2. The van der Waals surface area contributed by atoms with Crippen molar-refractivity contribution in [1.82, 2.24) is 10.2 Å². The third-order valence-electron chi connectivity index (χ3n) is 6.60. The van der Waals surface area contributed by atoms with Crippen molar-refractivity contribution in [3.8, 4) is 0 Å². The zero-order valence-corrected chi connectivity index (χ0v) is 24.7. The van der Waals surface area contributed by atoms with E-state index in [-0.39, 0.29) is 23.0 Å². The molecule has 0 spiro atoms. The molecule has 40 heavy (non-hydrogen) atoms. The van der Waals surface area contributed by atoms with Gasteiger partial charge in [0.15, 0.2) is 0 Å². The standard InChI is InChI=1S/C30H35ClFN3O4S/c1-5-18-33-30(37)27(6-2)34(19-23-12-14-24(32)15-13-23)29(36)20-35(28-9-7-8-26(31)22(28)4)40(38,39)25-16-10-21(3)11-17-25/h7-17,27H,5-6,18-20H2,1-4H3,(H,33,37). The highest BCUT2D eigenvalue weighted by molar-refractivity contribution is 7.92. The number of nitrogens with zero attached hydrogens (tertiary/aromatic N) is 2. The van der Waals surface area contributed by atoms with Gasteiger partial charge in [-0.15, -0.1) is 0 Å². The summed E-state index contributed by atoms with van der Waals surface area (Å²) >= 11 is 6.36. The molecule has 0 fully saturated rings. The minimum Gasteiger partial charge on any atom is -0.354 e. The summed E-state index contributed by atoms with van der Waals surface area (Å²) in [6, 6.07) is 16.0. The zero-order chi connectivity index (χ0) is 29.4. The number of hydrogen-bond donors (Lipinski definition) is 1. The second-order valence-corrected chi connectivity index (χ2v) is 11.8. The molecule has 0 aliphatic carbocycles. The second-order valence-electron chi connectivity index (χ2n) is 9.57. The summed E-state index contributed by atoms with van der Waals surface area (Å²) in [4.78, 5) is 28.5. The van der Waals surface area contributed by atoms with E-state index < -0.39 is 34.3 Å². The number of amides is 2. The van der Waals surface area contributed by atoms with Crippen LogP contribution >= 0.6 is 11.6 Å². The highest BCUT2D eigenvalue weighted by Gasteiger charge is 2.34. The molecule has 0 aromatic heterocycles. The van der Waals surface area contributed by atoms with Crippen LogP contribution in [0.5, 0.6) is 0 Å². The Hall–Kier alpha value is -3.43. The molecule has 0 heterocycles. The fourth-order valence-corrected chi connectivity index (χ4v) is 5.93. The second kappa shape index (κ2) is 13.8. The largest absolute Gasteiger partial charge is 0.354 e. The molecule has 0 saturated heterocycles. The molecule has 214 valence electrons. The molecule has 10 heteroatoms. The van der Waals surface area contributed by atoms with Crippen LogP contribution in [-0.4, -0.2) is 44.3 Å². The van der Waals surface area contributed by atoms with E-state index in [2.05, 4.69) is 5.32 Å². The van der Waals surface area contributed by atoms with Gasteiger partial charge in [-0.05, 0) is 74.2 Å². The smallest absolute Gasteiger partial charge is 0.264 e. The summed E-state index contributed by atoms with van der Waals surface area (Å²) in [5.41, 5.74) is 2.23. The average Bonchev–Trinajstić information content (AvgIpc) is 2.93. The highest BCUT2D eigenvalue weighted by atomic mass is 35.5. The number of rotatable bonds is 12. The predicted molar refractivity (Wildman–Crippen MR) is 156 cm³/mol. The first-order valence-corrected chi connectivity index (χ1v) is 15.0. The Morgan fingerprint density at radius 1 is 0.975 bits per heavy atom. The van der Waals surface area contributed by atoms with Gasteiger partial charge in [-0.3, -0.25) is 13.9 Å². The van der Waals surface area contributed by atoms with E-state index in [1.807, 2.05) is 13.8 Å². The number of hydrogen-bond acceptors (Lipinski definition) is 4. The summed E-state index contributed by atoms with van der Waals surface area (Å²) in [7, 11) is -4.21. The van der Waals surface area contributed by atoms with Crippen LogP contribution in [0.15, 0.2) is 71.6 Å². The molecular weight excluding hydrogens is 553 g/mol. The third-order valence-corrected chi connectivity index (χ3v) is 8.78. The quantitative estimate of drug-likeness (QED) is 0.298. The molecule has 0 saturated carbocycles. The monoisotopic (exact) mass is 587 g/mol. The minimum atomic E-state index is -4.21. The van der Waals surface area contributed by atoms with E-state index in [1.165, 1.54) is 41.3 Å². The van der Waals surface area contributed by atoms with Crippen molar-refractivity contribution in [2.45, 2.75) is 58.0 Å². The normalized spacial score (nSPS) is 12.1. The number of aryl methyl sites for hydroxylation is 1. The van der Waals surface area contributed by atoms with Crippen LogP contribution in [0.4, 0.5) is 10.1 Å². The van der Waals surface area contributed by atoms with Gasteiger partial charge < -0.3 is 10.2 Å². The number of benzene rings is 3. The lowest BCUT2D eigenvalue weighted by atomic mass is 10.1. The molecule has 3 aromatic rings. The molecule has 1 atom stereocenters. The fraction of sp³-hybridized carbons (Fsp3) is 0.333. The molecule has 0 bridgehead atoms. The predicted octanol–water partition coefficient (Wildman–Crippen LogP) is 5.62. The molecule has 3 rings (SSSR count). The molecule has 0 radical (unpaired) electrons. The van der Waals surface area contributed by atoms with Gasteiger partial charge in [-0.2, -0.15) is 0 Å². The van der Waals surface area contributed by atoms with Crippen molar-refractivity contribution in [2.24, 2.45) is 0 Å². The topological polar surface area (TPSA) is 86.8 Å². The van der Waals surface area contributed by atoms with Crippen LogP contribution in [0.1, 0.15) is 43.4 Å². The number of nitrogens with one attached hydrogen (secondary N) is 1. The Labute approximate surface area is 241 Å². The van der Waals surface area contributed by atoms with Crippen LogP contribution in [-0.2, 0) is 26.2 Å². The molecule has 0 aliphatic heterocycles. The van der Waals surface area contributed by atoms with E-state index in [0.717, 1.165) is 9.87 Å². The first kappa shape index (κ1) is 31.1. The molecular formula is C30H35ClFN3O4S. The Morgan fingerprint density at radius 3 is 2.23 bits per heavy atom. The maximum absolute atomic E-state index is 14.0. The van der Waals surface area contributed by atoms with E-state index in [0.29, 0.717) is 35.5 Å². The Kier molecular flexibility index (Phi) is 10.7. The van der Waals surface area contributed by atoms with Gasteiger partial charge in [0, 0.05) is 18.1 Å². The van der Waals surface area contributed by atoms with Gasteiger partial charge in [0.1, 0.15) is 18.4 Å².